The molecular weight excluding hydrogens is 477 g/mol. The Labute approximate surface area is 171 Å². The van der Waals surface area contributed by atoms with Crippen LogP contribution in [0.4, 0.5) is 8.78 Å². The van der Waals surface area contributed by atoms with E-state index in [1.54, 1.807) is 20.8 Å². The third-order valence-corrected chi connectivity index (χ3v) is 5.78. The number of hydrogen-bond acceptors (Lipinski definition) is 3. The summed E-state index contributed by atoms with van der Waals surface area (Å²) in [5, 5.41) is 5.85. The fourth-order valence-corrected chi connectivity index (χ4v) is 3.78. The zero-order valence-electron chi connectivity index (χ0n) is 15.4. The quantitative estimate of drug-likeness (QED) is 0.324. The second-order valence-electron chi connectivity index (χ2n) is 5.43. The van der Waals surface area contributed by atoms with Crippen LogP contribution in [0.25, 0.3) is 0 Å². The van der Waals surface area contributed by atoms with E-state index in [0.29, 0.717) is 24.6 Å². The zero-order chi connectivity index (χ0) is 19.0. The van der Waals surface area contributed by atoms with Crippen LogP contribution in [0, 0.1) is 11.6 Å². The van der Waals surface area contributed by atoms with Gasteiger partial charge in [0.1, 0.15) is 11.6 Å². The lowest BCUT2D eigenvalue weighted by Crippen LogP contribution is -2.43. The molecule has 6 nitrogen and oxygen atoms in total. The molecule has 2 N–H and O–H groups in total. The Balaban J connectivity index is 0.00000625. The second kappa shape index (κ2) is 11.7. The van der Waals surface area contributed by atoms with Gasteiger partial charge in [-0.2, -0.15) is 0 Å². The van der Waals surface area contributed by atoms with Crippen LogP contribution in [0.15, 0.2) is 23.2 Å². The molecule has 1 aromatic carbocycles. The van der Waals surface area contributed by atoms with Gasteiger partial charge in [0, 0.05) is 38.3 Å². The van der Waals surface area contributed by atoms with E-state index in [-0.39, 0.29) is 36.3 Å². The largest absolute Gasteiger partial charge is 0.355 e. The molecular formula is C16H27F2IN4O2S. The summed E-state index contributed by atoms with van der Waals surface area (Å²) in [7, 11) is -1.80. The number of aliphatic imine (C=N–C) groups is 1. The molecule has 0 aliphatic rings. The highest BCUT2D eigenvalue weighted by Crippen LogP contribution is 2.17. The highest BCUT2D eigenvalue weighted by molar-refractivity contribution is 14.0. The van der Waals surface area contributed by atoms with Crippen molar-refractivity contribution in [2.45, 2.75) is 26.8 Å². The number of sulfonamides is 1. The van der Waals surface area contributed by atoms with E-state index < -0.39 is 27.7 Å². The van der Waals surface area contributed by atoms with Crippen molar-refractivity contribution in [3.8, 4) is 0 Å². The van der Waals surface area contributed by atoms with Gasteiger partial charge in [-0.15, -0.1) is 24.0 Å². The molecule has 0 aliphatic heterocycles. The Hall–Kier alpha value is -1.01. The first kappa shape index (κ1) is 25.0. The van der Waals surface area contributed by atoms with Crippen molar-refractivity contribution in [3.63, 3.8) is 0 Å². The van der Waals surface area contributed by atoms with Crippen molar-refractivity contribution >= 4 is 40.0 Å². The highest BCUT2D eigenvalue weighted by Gasteiger charge is 2.19. The van der Waals surface area contributed by atoms with Crippen LogP contribution in [0.5, 0.6) is 0 Å². The fourth-order valence-electron chi connectivity index (χ4n) is 2.37. The molecule has 0 fully saturated rings. The average Bonchev–Trinajstić information content (AvgIpc) is 2.54. The SMILES string of the molecule is CCN(CC)S(=O)(=O)CCNC(=NC)NC(C)c1ccc(F)cc1F.I. The lowest BCUT2D eigenvalue weighted by atomic mass is 10.1. The maximum atomic E-state index is 13.8. The number of rotatable bonds is 8. The van der Waals surface area contributed by atoms with Crippen LogP contribution in [0.1, 0.15) is 32.4 Å². The zero-order valence-corrected chi connectivity index (χ0v) is 18.6. The van der Waals surface area contributed by atoms with Gasteiger partial charge in [0.25, 0.3) is 0 Å². The van der Waals surface area contributed by atoms with Gasteiger partial charge < -0.3 is 10.6 Å². The summed E-state index contributed by atoms with van der Waals surface area (Å²) in [6.45, 7) is 6.29. The number of nitrogens with zero attached hydrogens (tertiary/aromatic N) is 2. The van der Waals surface area contributed by atoms with Gasteiger partial charge >= 0.3 is 0 Å². The fraction of sp³-hybridized carbons (Fsp3) is 0.562. The summed E-state index contributed by atoms with van der Waals surface area (Å²) in [6, 6.07) is 2.90. The standard InChI is InChI=1S/C16H26F2N4O2S.HI/c1-5-22(6-2)25(23,24)10-9-20-16(19-4)21-12(3)14-8-7-13(17)11-15(14)18;/h7-8,11-12H,5-6,9-10H2,1-4H3,(H2,19,20,21);1H. The summed E-state index contributed by atoms with van der Waals surface area (Å²) < 4.78 is 52.4. The minimum absolute atomic E-state index is 0. The van der Waals surface area contributed by atoms with Crippen LogP contribution in [-0.2, 0) is 10.0 Å². The Morgan fingerprint density at radius 3 is 2.38 bits per heavy atom. The minimum Gasteiger partial charge on any atom is -0.355 e. The van der Waals surface area contributed by atoms with Crippen molar-refractivity contribution in [2.75, 3.05) is 32.4 Å². The molecule has 0 radical (unpaired) electrons. The molecule has 0 saturated heterocycles. The molecule has 26 heavy (non-hydrogen) atoms. The van der Waals surface area contributed by atoms with Gasteiger partial charge in [-0.25, -0.2) is 21.5 Å². The first-order valence-electron chi connectivity index (χ1n) is 8.15. The lowest BCUT2D eigenvalue weighted by molar-refractivity contribution is 0.445. The van der Waals surface area contributed by atoms with Crippen molar-refractivity contribution in [1.29, 1.82) is 0 Å². The Morgan fingerprint density at radius 2 is 1.88 bits per heavy atom. The predicted octanol–water partition coefficient (Wildman–Crippen LogP) is 2.48. The molecule has 0 aliphatic carbocycles. The van der Waals surface area contributed by atoms with Gasteiger partial charge in [-0.3, -0.25) is 4.99 Å². The third kappa shape index (κ3) is 7.31. The Bertz CT molecular complexity index is 697. The highest BCUT2D eigenvalue weighted by atomic mass is 127. The number of guanidine groups is 1. The van der Waals surface area contributed by atoms with E-state index >= 15 is 0 Å². The number of nitrogens with one attached hydrogen (secondary N) is 2. The normalized spacial score (nSPS) is 13.3. The minimum atomic E-state index is -3.33. The van der Waals surface area contributed by atoms with Crippen molar-refractivity contribution in [3.05, 3.63) is 35.4 Å². The maximum absolute atomic E-state index is 13.8. The monoisotopic (exact) mass is 504 g/mol. The number of hydrogen-bond donors (Lipinski definition) is 2. The van der Waals surface area contributed by atoms with E-state index in [2.05, 4.69) is 15.6 Å². The molecule has 0 heterocycles. The molecule has 0 bridgehead atoms. The smallest absolute Gasteiger partial charge is 0.215 e. The topological polar surface area (TPSA) is 73.8 Å². The number of benzene rings is 1. The molecule has 1 rings (SSSR count). The lowest BCUT2D eigenvalue weighted by Gasteiger charge is -2.21. The molecule has 150 valence electrons. The van der Waals surface area contributed by atoms with Gasteiger partial charge in [0.2, 0.25) is 10.0 Å². The molecule has 1 aromatic rings. The van der Waals surface area contributed by atoms with Gasteiger partial charge in [-0.05, 0) is 13.0 Å². The van der Waals surface area contributed by atoms with Crippen molar-refractivity contribution < 1.29 is 17.2 Å². The summed E-state index contributed by atoms with van der Waals surface area (Å²) >= 11 is 0. The average molecular weight is 504 g/mol. The molecule has 0 aromatic heterocycles. The number of halogens is 3. The summed E-state index contributed by atoms with van der Waals surface area (Å²) in [5.74, 6) is -1.03. The van der Waals surface area contributed by atoms with Crippen LogP contribution >= 0.6 is 24.0 Å². The predicted molar refractivity (Wildman–Crippen MR) is 111 cm³/mol. The van der Waals surface area contributed by atoms with E-state index in [0.717, 1.165) is 6.07 Å². The molecule has 1 atom stereocenters. The Kier molecular flexibility index (Phi) is 11.2. The molecule has 0 amide bonds. The second-order valence-corrected chi connectivity index (χ2v) is 7.52. The first-order chi connectivity index (χ1) is 11.7. The van der Waals surface area contributed by atoms with Gasteiger partial charge in [0.15, 0.2) is 5.96 Å². The van der Waals surface area contributed by atoms with E-state index in [4.69, 9.17) is 0 Å². The van der Waals surface area contributed by atoms with Crippen LogP contribution in [0.2, 0.25) is 0 Å². The molecule has 1 unspecified atom stereocenters. The van der Waals surface area contributed by atoms with E-state index in [1.807, 2.05) is 0 Å². The van der Waals surface area contributed by atoms with Gasteiger partial charge in [0.05, 0.1) is 11.8 Å². The molecule has 0 saturated carbocycles. The van der Waals surface area contributed by atoms with Crippen LogP contribution in [0.3, 0.4) is 0 Å². The Morgan fingerprint density at radius 1 is 1.27 bits per heavy atom. The van der Waals surface area contributed by atoms with E-state index in [9.17, 15) is 17.2 Å². The third-order valence-electron chi connectivity index (χ3n) is 3.76. The van der Waals surface area contributed by atoms with Crippen LogP contribution < -0.4 is 10.6 Å². The maximum Gasteiger partial charge on any atom is 0.215 e. The summed E-state index contributed by atoms with van der Waals surface area (Å²) in [6.07, 6.45) is 0. The summed E-state index contributed by atoms with van der Waals surface area (Å²) in [5.41, 5.74) is 0.292. The van der Waals surface area contributed by atoms with E-state index in [1.165, 1.54) is 23.5 Å². The van der Waals surface area contributed by atoms with Crippen molar-refractivity contribution in [2.24, 2.45) is 4.99 Å². The van der Waals surface area contributed by atoms with Gasteiger partial charge in [-0.1, -0.05) is 19.9 Å². The first-order valence-corrected chi connectivity index (χ1v) is 9.76. The molecule has 10 heteroatoms. The molecule has 0 spiro atoms. The summed E-state index contributed by atoms with van der Waals surface area (Å²) in [4.78, 5) is 3.99. The van der Waals surface area contributed by atoms with Crippen molar-refractivity contribution in [1.82, 2.24) is 14.9 Å². The van der Waals surface area contributed by atoms with Crippen LogP contribution in [-0.4, -0.2) is 51.1 Å².